The highest BCUT2D eigenvalue weighted by Crippen LogP contribution is 2.39. The largest absolute Gasteiger partial charge is 0.497 e. The number of hydrogen-bond acceptors (Lipinski definition) is 3. The maximum atomic E-state index is 13.4. The summed E-state index contributed by atoms with van der Waals surface area (Å²) < 4.78 is 45.4. The number of carbonyl (C=O) groups is 1. The second-order valence-corrected chi connectivity index (χ2v) is 7.49. The first kappa shape index (κ1) is 21.5. The zero-order chi connectivity index (χ0) is 21.2. The van der Waals surface area contributed by atoms with Crippen LogP contribution in [0, 0.1) is 5.92 Å². The van der Waals surface area contributed by atoms with Crippen LogP contribution in [0.1, 0.15) is 35.6 Å². The van der Waals surface area contributed by atoms with Gasteiger partial charge in [-0.05, 0) is 54.8 Å². The number of likely N-dealkylation sites (tertiary alicyclic amines) is 1. The van der Waals surface area contributed by atoms with E-state index in [9.17, 15) is 23.1 Å². The molecule has 3 rings (SSSR count). The molecule has 2 aromatic rings. The zero-order valence-corrected chi connectivity index (χ0v) is 16.5. The highest BCUT2D eigenvalue weighted by atomic mass is 35.5. The second-order valence-electron chi connectivity index (χ2n) is 7.09. The maximum absolute atomic E-state index is 13.4. The highest BCUT2D eigenvalue weighted by Gasteiger charge is 2.36. The molecule has 0 spiro atoms. The fraction of sp³-hybridized carbons (Fsp3) is 0.381. The molecule has 2 aromatic carbocycles. The Hall–Kier alpha value is -2.25. The topological polar surface area (TPSA) is 49.8 Å². The van der Waals surface area contributed by atoms with Crippen molar-refractivity contribution in [2.75, 3.05) is 20.2 Å². The molecule has 4 nitrogen and oxygen atoms in total. The number of piperidine rings is 1. The van der Waals surface area contributed by atoms with Crippen LogP contribution < -0.4 is 4.74 Å². The van der Waals surface area contributed by atoms with Gasteiger partial charge in [0.1, 0.15) is 5.75 Å². The van der Waals surface area contributed by atoms with Gasteiger partial charge >= 0.3 is 12.1 Å². The molecule has 0 aromatic heterocycles. The summed E-state index contributed by atoms with van der Waals surface area (Å²) in [5.74, 6) is -0.823. The van der Waals surface area contributed by atoms with E-state index >= 15 is 0 Å². The van der Waals surface area contributed by atoms with Crippen LogP contribution in [0.4, 0.5) is 13.2 Å². The van der Waals surface area contributed by atoms with E-state index < -0.39 is 29.7 Å². The van der Waals surface area contributed by atoms with Gasteiger partial charge < -0.3 is 9.84 Å². The minimum absolute atomic E-state index is 0.260. The van der Waals surface area contributed by atoms with Crippen molar-refractivity contribution in [3.63, 3.8) is 0 Å². The molecular weight excluding hydrogens is 407 g/mol. The maximum Gasteiger partial charge on any atom is 0.417 e. The molecule has 0 saturated carbocycles. The third-order valence-electron chi connectivity index (χ3n) is 5.21. The molecule has 2 atom stereocenters. The standard InChI is InChI=1S/C21H21ClF3NO3/c1-29-16-7-4-13(5-8-16)19(26-10-2-3-15(12-26)20(27)28)14-6-9-18(22)17(11-14)21(23,24)25/h4-9,11,15,19H,2-3,10,12H2,1H3,(H,27,28). The number of rotatable bonds is 5. The fourth-order valence-corrected chi connectivity index (χ4v) is 4.00. The molecule has 0 bridgehead atoms. The van der Waals surface area contributed by atoms with Gasteiger partial charge in [0.25, 0.3) is 0 Å². The molecule has 1 aliphatic heterocycles. The predicted molar refractivity (Wildman–Crippen MR) is 103 cm³/mol. The Morgan fingerprint density at radius 3 is 2.45 bits per heavy atom. The third-order valence-corrected chi connectivity index (χ3v) is 5.54. The lowest BCUT2D eigenvalue weighted by molar-refractivity contribution is -0.143. The van der Waals surface area contributed by atoms with Crippen molar-refractivity contribution in [2.45, 2.75) is 25.1 Å². The number of hydrogen-bond donors (Lipinski definition) is 1. The van der Waals surface area contributed by atoms with E-state index in [1.54, 1.807) is 30.3 Å². The molecule has 29 heavy (non-hydrogen) atoms. The number of carboxylic acid groups (broad SMARTS) is 1. The van der Waals surface area contributed by atoms with Gasteiger partial charge in [-0.15, -0.1) is 0 Å². The molecular formula is C21H21ClF3NO3. The molecule has 0 radical (unpaired) electrons. The molecule has 0 amide bonds. The van der Waals surface area contributed by atoms with Crippen molar-refractivity contribution >= 4 is 17.6 Å². The smallest absolute Gasteiger partial charge is 0.417 e. The summed E-state index contributed by atoms with van der Waals surface area (Å²) >= 11 is 5.79. The van der Waals surface area contributed by atoms with Gasteiger partial charge in [0.2, 0.25) is 0 Å². The first-order chi connectivity index (χ1) is 13.7. The molecule has 8 heteroatoms. The number of alkyl halides is 3. The Morgan fingerprint density at radius 1 is 1.21 bits per heavy atom. The summed E-state index contributed by atoms with van der Waals surface area (Å²) in [6.07, 6.45) is -3.37. The van der Waals surface area contributed by atoms with Crippen molar-refractivity contribution in [1.29, 1.82) is 0 Å². The van der Waals surface area contributed by atoms with Gasteiger partial charge in [0.15, 0.2) is 0 Å². The first-order valence-electron chi connectivity index (χ1n) is 9.18. The monoisotopic (exact) mass is 427 g/mol. The number of ether oxygens (including phenoxy) is 1. The quantitative estimate of drug-likeness (QED) is 0.707. The SMILES string of the molecule is COc1ccc(C(c2ccc(Cl)c(C(F)(F)F)c2)N2CCCC(C(=O)O)C2)cc1. The molecule has 1 heterocycles. The summed E-state index contributed by atoms with van der Waals surface area (Å²) in [4.78, 5) is 13.4. The lowest BCUT2D eigenvalue weighted by Gasteiger charge is -2.38. The van der Waals surface area contributed by atoms with Crippen LogP contribution in [0.3, 0.4) is 0 Å². The van der Waals surface area contributed by atoms with Gasteiger partial charge in [-0.25, -0.2) is 0 Å². The van der Waals surface area contributed by atoms with Crippen molar-refractivity contribution in [3.8, 4) is 5.75 Å². The van der Waals surface area contributed by atoms with Crippen molar-refractivity contribution in [1.82, 2.24) is 4.90 Å². The van der Waals surface area contributed by atoms with Crippen LogP contribution in [-0.4, -0.2) is 36.2 Å². The molecule has 156 valence electrons. The third kappa shape index (κ3) is 4.85. The van der Waals surface area contributed by atoms with Crippen molar-refractivity contribution in [2.24, 2.45) is 5.92 Å². The summed E-state index contributed by atoms with van der Waals surface area (Å²) in [5, 5.41) is 9.06. The molecule has 1 aliphatic rings. The first-order valence-corrected chi connectivity index (χ1v) is 9.56. The summed E-state index contributed by atoms with van der Waals surface area (Å²) in [7, 11) is 1.53. The number of methoxy groups -OCH3 is 1. The van der Waals surface area contributed by atoms with Crippen LogP contribution in [0.25, 0.3) is 0 Å². The Balaban J connectivity index is 2.06. The molecule has 1 saturated heterocycles. The number of halogens is 4. The van der Waals surface area contributed by atoms with Gasteiger partial charge in [0.05, 0.1) is 29.7 Å². The summed E-state index contributed by atoms with van der Waals surface area (Å²) in [6, 6.07) is 10.4. The van der Waals surface area contributed by atoms with E-state index in [4.69, 9.17) is 16.3 Å². The minimum atomic E-state index is -4.58. The molecule has 1 fully saturated rings. The average molecular weight is 428 g/mol. The highest BCUT2D eigenvalue weighted by molar-refractivity contribution is 6.31. The van der Waals surface area contributed by atoms with E-state index in [0.717, 1.165) is 11.6 Å². The molecule has 0 aliphatic carbocycles. The number of carboxylic acids is 1. The minimum Gasteiger partial charge on any atom is -0.497 e. The number of nitrogens with zero attached hydrogens (tertiary/aromatic N) is 1. The van der Waals surface area contributed by atoms with E-state index in [1.165, 1.54) is 13.2 Å². The Labute approximate surface area is 171 Å². The summed E-state index contributed by atoms with van der Waals surface area (Å²) in [6.45, 7) is 0.848. The van der Waals surface area contributed by atoms with E-state index in [1.807, 2.05) is 4.90 Å². The van der Waals surface area contributed by atoms with E-state index in [0.29, 0.717) is 30.7 Å². The van der Waals surface area contributed by atoms with E-state index in [2.05, 4.69) is 0 Å². The normalized spacial score (nSPS) is 19.0. The second kappa shape index (κ2) is 8.63. The Morgan fingerprint density at radius 2 is 1.86 bits per heavy atom. The lowest BCUT2D eigenvalue weighted by Crippen LogP contribution is -2.41. The van der Waals surface area contributed by atoms with Gasteiger partial charge in [0, 0.05) is 6.54 Å². The van der Waals surface area contributed by atoms with Gasteiger partial charge in [-0.3, -0.25) is 9.69 Å². The average Bonchev–Trinajstić information content (AvgIpc) is 2.69. The van der Waals surface area contributed by atoms with Crippen LogP contribution >= 0.6 is 11.6 Å². The number of benzene rings is 2. The van der Waals surface area contributed by atoms with Crippen LogP contribution in [-0.2, 0) is 11.0 Å². The van der Waals surface area contributed by atoms with Crippen LogP contribution in [0.2, 0.25) is 5.02 Å². The van der Waals surface area contributed by atoms with Gasteiger partial charge in [-0.2, -0.15) is 13.2 Å². The predicted octanol–water partition coefficient (Wildman–Crippen LogP) is 5.25. The molecule has 2 unspecified atom stereocenters. The van der Waals surface area contributed by atoms with Crippen molar-refractivity contribution in [3.05, 3.63) is 64.2 Å². The van der Waals surface area contributed by atoms with Crippen LogP contribution in [0.15, 0.2) is 42.5 Å². The fourth-order valence-electron chi connectivity index (χ4n) is 3.77. The van der Waals surface area contributed by atoms with Gasteiger partial charge in [-0.1, -0.05) is 29.8 Å². The lowest BCUT2D eigenvalue weighted by atomic mass is 9.90. The Bertz CT molecular complexity index is 870. The van der Waals surface area contributed by atoms with Crippen LogP contribution in [0.5, 0.6) is 5.75 Å². The summed E-state index contributed by atoms with van der Waals surface area (Å²) in [5.41, 5.74) is 0.271. The Kier molecular flexibility index (Phi) is 6.39. The van der Waals surface area contributed by atoms with E-state index in [-0.39, 0.29) is 11.6 Å². The molecule has 1 N–H and O–H groups in total. The van der Waals surface area contributed by atoms with Crippen molar-refractivity contribution < 1.29 is 27.8 Å². The number of aliphatic carboxylic acids is 1. The zero-order valence-electron chi connectivity index (χ0n) is 15.7.